The number of carboxylic acid groups (broad SMARTS) is 2. The first-order chi connectivity index (χ1) is 21.6. The van der Waals surface area contributed by atoms with Crippen LogP contribution in [0.25, 0.3) is 5.65 Å². The van der Waals surface area contributed by atoms with Crippen LogP contribution in [0.4, 0.5) is 32.3 Å². The number of likely N-dealkylation sites (N-methyl/N-ethyl adjacent to an activating group) is 1. The molecule has 14 nitrogen and oxygen atoms in total. The van der Waals surface area contributed by atoms with Crippen LogP contribution in [0, 0.1) is 0 Å². The first-order valence-corrected chi connectivity index (χ1v) is 12.9. The average molecular weight is 658 g/mol. The fraction of sp³-hybridized carbons (Fsp3) is 0.308. The Balaban J connectivity index is 0.000000345. The number of rotatable bonds is 5. The minimum Gasteiger partial charge on any atom is -0.475 e. The summed E-state index contributed by atoms with van der Waals surface area (Å²) < 4.78 is 65.4. The third kappa shape index (κ3) is 9.81. The zero-order valence-corrected chi connectivity index (χ0v) is 23.6. The summed E-state index contributed by atoms with van der Waals surface area (Å²) in [5.41, 5.74) is 2.24. The van der Waals surface area contributed by atoms with Crippen LogP contribution in [-0.4, -0.2) is 102 Å². The molecule has 4 aromatic rings. The van der Waals surface area contributed by atoms with E-state index in [9.17, 15) is 31.1 Å². The quantitative estimate of drug-likeness (QED) is 0.268. The van der Waals surface area contributed by atoms with Gasteiger partial charge in [-0.1, -0.05) is 0 Å². The van der Waals surface area contributed by atoms with Crippen LogP contribution in [0.2, 0.25) is 0 Å². The molecule has 1 atom stereocenters. The van der Waals surface area contributed by atoms with Gasteiger partial charge >= 0.3 is 24.3 Å². The molecule has 1 aliphatic rings. The van der Waals surface area contributed by atoms with Gasteiger partial charge in [0.05, 0.1) is 11.6 Å². The molecule has 1 aliphatic heterocycles. The number of amides is 1. The molecule has 1 unspecified atom stereocenters. The van der Waals surface area contributed by atoms with Crippen molar-refractivity contribution in [1.29, 1.82) is 0 Å². The van der Waals surface area contributed by atoms with Crippen LogP contribution in [0.5, 0.6) is 0 Å². The van der Waals surface area contributed by atoms with Crippen molar-refractivity contribution >= 4 is 29.4 Å². The lowest BCUT2D eigenvalue weighted by Gasteiger charge is -2.38. The number of alkyl halides is 6. The number of carbonyl (C=O) groups excluding carboxylic acids is 1. The number of hydrogen-bond donors (Lipinski definition) is 3. The molecule has 1 fully saturated rings. The summed E-state index contributed by atoms with van der Waals surface area (Å²) in [5.74, 6) is -4.18. The molecule has 0 spiro atoms. The van der Waals surface area contributed by atoms with Crippen molar-refractivity contribution in [3.8, 4) is 0 Å². The van der Waals surface area contributed by atoms with Crippen molar-refractivity contribution in [2.24, 2.45) is 0 Å². The topological polar surface area (TPSA) is 179 Å². The zero-order chi connectivity index (χ0) is 34.1. The fourth-order valence-corrected chi connectivity index (χ4v) is 3.84. The maximum Gasteiger partial charge on any atom is 0.490 e. The Hall–Kier alpha value is -5.40. The predicted molar refractivity (Wildman–Crippen MR) is 145 cm³/mol. The van der Waals surface area contributed by atoms with E-state index in [1.54, 1.807) is 37.1 Å². The van der Waals surface area contributed by atoms with Crippen LogP contribution < -0.4 is 10.2 Å². The number of nitrogens with zero attached hydrogens (tertiary/aromatic N) is 8. The molecule has 0 aromatic carbocycles. The Kier molecular flexibility index (Phi) is 11.5. The lowest BCUT2D eigenvalue weighted by atomic mass is 10.1. The normalized spacial score (nSPS) is 15.2. The van der Waals surface area contributed by atoms with E-state index >= 15 is 0 Å². The molecule has 0 aliphatic carbocycles. The lowest BCUT2D eigenvalue weighted by molar-refractivity contribution is -0.193. The summed E-state index contributed by atoms with van der Waals surface area (Å²) in [6.45, 7) is 2.78. The van der Waals surface area contributed by atoms with Crippen molar-refractivity contribution < 1.29 is 50.9 Å². The highest BCUT2D eigenvalue weighted by Crippen LogP contribution is 2.25. The highest BCUT2D eigenvalue weighted by atomic mass is 19.4. The number of piperazine rings is 1. The maximum atomic E-state index is 12.8. The smallest absolute Gasteiger partial charge is 0.475 e. The summed E-state index contributed by atoms with van der Waals surface area (Å²) in [5, 5.41) is 26.0. The molecule has 0 radical (unpaired) electrons. The van der Waals surface area contributed by atoms with Crippen molar-refractivity contribution in [3.05, 3.63) is 78.3 Å². The number of carboxylic acids is 2. The Labute approximate surface area is 255 Å². The lowest BCUT2D eigenvalue weighted by Crippen LogP contribution is -2.47. The molecular weight excluding hydrogens is 632 g/mol. The van der Waals surface area contributed by atoms with Crippen LogP contribution >= 0.6 is 0 Å². The van der Waals surface area contributed by atoms with Crippen LogP contribution in [0.1, 0.15) is 27.8 Å². The summed E-state index contributed by atoms with van der Waals surface area (Å²) in [7, 11) is 2.07. The van der Waals surface area contributed by atoms with E-state index in [1.165, 1.54) is 0 Å². The summed E-state index contributed by atoms with van der Waals surface area (Å²) in [6.07, 6.45) is -1.45. The first-order valence-electron chi connectivity index (χ1n) is 12.9. The molecule has 5 heterocycles. The number of nitrogens with one attached hydrogen (secondary N) is 1. The second-order valence-electron chi connectivity index (χ2n) is 9.34. The standard InChI is InChI=1S/C22H23N9O.2C2HF3O2/c1-29-11-12-30(22-24-7-2-8-25-22)15-18(29)20-28-27-19-4-3-17(14-31(19)20)21(32)26-13-16-5-9-23-10-6-16;2*3-2(4,5)1(6)7/h2-10,14,18H,11-13,15H2,1H3,(H,26,32);2*(H,6,7). The first kappa shape index (κ1) is 35.1. The molecule has 5 rings (SSSR count). The van der Waals surface area contributed by atoms with Gasteiger partial charge < -0.3 is 20.4 Å². The molecule has 1 saturated heterocycles. The molecule has 46 heavy (non-hydrogen) atoms. The fourth-order valence-electron chi connectivity index (χ4n) is 3.84. The van der Waals surface area contributed by atoms with E-state index in [0.717, 1.165) is 24.5 Å². The summed E-state index contributed by atoms with van der Waals surface area (Å²) in [6, 6.07) is 9.14. The number of aromatic nitrogens is 6. The second-order valence-corrected chi connectivity index (χ2v) is 9.34. The minimum absolute atomic E-state index is 0.0160. The minimum atomic E-state index is -5.08. The largest absolute Gasteiger partial charge is 0.490 e. The van der Waals surface area contributed by atoms with Crippen LogP contribution in [0.15, 0.2) is 61.3 Å². The van der Waals surface area contributed by atoms with Gasteiger partial charge in [0.1, 0.15) is 0 Å². The third-order valence-corrected chi connectivity index (χ3v) is 6.16. The number of carbonyl (C=O) groups is 3. The summed E-state index contributed by atoms with van der Waals surface area (Å²) in [4.78, 5) is 47.7. The van der Waals surface area contributed by atoms with E-state index in [1.807, 2.05) is 28.7 Å². The Morgan fingerprint density at radius 1 is 0.891 bits per heavy atom. The van der Waals surface area contributed by atoms with Gasteiger partial charge in [0.2, 0.25) is 5.95 Å². The van der Waals surface area contributed by atoms with Crippen LogP contribution in [-0.2, 0) is 16.1 Å². The van der Waals surface area contributed by atoms with Crippen molar-refractivity contribution in [3.63, 3.8) is 0 Å². The molecular formula is C26H25F6N9O5. The SMILES string of the molecule is CN1CCN(c2ncccn2)CC1c1nnc2ccc(C(=O)NCc3ccncc3)cn12.O=C(O)C(F)(F)F.O=C(O)C(F)(F)F. The molecule has 246 valence electrons. The molecule has 1 amide bonds. The Morgan fingerprint density at radius 2 is 1.48 bits per heavy atom. The van der Waals surface area contributed by atoms with E-state index < -0.39 is 24.3 Å². The average Bonchev–Trinajstić information content (AvgIpc) is 3.44. The van der Waals surface area contributed by atoms with Gasteiger partial charge in [-0.3, -0.25) is 19.1 Å². The Bertz CT molecular complexity index is 1600. The molecule has 3 N–H and O–H groups in total. The van der Waals surface area contributed by atoms with Gasteiger partial charge in [-0.2, -0.15) is 26.3 Å². The molecule has 4 aromatic heterocycles. The number of halogens is 6. The number of fused-ring (bicyclic) bond motifs is 1. The number of pyridine rings is 2. The highest BCUT2D eigenvalue weighted by molar-refractivity contribution is 5.94. The van der Waals surface area contributed by atoms with Crippen molar-refractivity contribution in [1.82, 2.24) is 39.8 Å². The predicted octanol–water partition coefficient (Wildman–Crippen LogP) is 2.60. The van der Waals surface area contributed by atoms with E-state index in [-0.39, 0.29) is 11.9 Å². The van der Waals surface area contributed by atoms with E-state index in [0.29, 0.717) is 30.2 Å². The van der Waals surface area contributed by atoms with Crippen molar-refractivity contribution in [2.75, 3.05) is 31.6 Å². The highest BCUT2D eigenvalue weighted by Gasteiger charge is 2.39. The van der Waals surface area contributed by atoms with E-state index in [2.05, 4.69) is 47.3 Å². The van der Waals surface area contributed by atoms with Gasteiger partial charge in [0.25, 0.3) is 5.91 Å². The maximum absolute atomic E-state index is 12.8. The number of aliphatic carboxylic acids is 2. The monoisotopic (exact) mass is 657 g/mol. The zero-order valence-electron chi connectivity index (χ0n) is 23.6. The molecule has 20 heteroatoms. The van der Waals surface area contributed by atoms with Gasteiger partial charge in [-0.25, -0.2) is 19.6 Å². The second kappa shape index (κ2) is 15.1. The van der Waals surface area contributed by atoms with Crippen LogP contribution in [0.3, 0.4) is 0 Å². The van der Waals surface area contributed by atoms with Gasteiger partial charge in [0, 0.05) is 57.2 Å². The van der Waals surface area contributed by atoms with Gasteiger partial charge in [-0.05, 0) is 42.9 Å². The number of anilines is 1. The third-order valence-electron chi connectivity index (χ3n) is 6.16. The Morgan fingerprint density at radius 3 is 2.04 bits per heavy atom. The van der Waals surface area contributed by atoms with E-state index in [4.69, 9.17) is 19.8 Å². The molecule has 0 bridgehead atoms. The summed E-state index contributed by atoms with van der Waals surface area (Å²) >= 11 is 0. The van der Waals surface area contributed by atoms with Crippen molar-refractivity contribution in [2.45, 2.75) is 24.9 Å². The molecule has 0 saturated carbocycles. The van der Waals surface area contributed by atoms with Gasteiger partial charge in [-0.15, -0.1) is 10.2 Å². The van der Waals surface area contributed by atoms with Gasteiger partial charge in [0.15, 0.2) is 11.5 Å². The number of hydrogen-bond acceptors (Lipinski definition) is 10.